The van der Waals surface area contributed by atoms with Crippen LogP contribution < -0.4 is 5.73 Å². The summed E-state index contributed by atoms with van der Waals surface area (Å²) in [7, 11) is 0. The summed E-state index contributed by atoms with van der Waals surface area (Å²) in [5.74, 6) is 0.165. The number of rotatable bonds is 2. The van der Waals surface area contributed by atoms with Gasteiger partial charge < -0.3 is 10.3 Å². The summed E-state index contributed by atoms with van der Waals surface area (Å²) in [6.45, 7) is 0.504. The number of hydrogen-bond donors (Lipinski definition) is 1. The molecule has 2 rings (SSSR count). The summed E-state index contributed by atoms with van der Waals surface area (Å²) in [5, 5.41) is 0. The molecule has 0 saturated carbocycles. The van der Waals surface area contributed by atoms with Gasteiger partial charge in [-0.15, -0.1) is 0 Å². The molecule has 0 radical (unpaired) electrons. The molecule has 78 valence electrons. The van der Waals surface area contributed by atoms with Crippen molar-refractivity contribution in [3.8, 4) is 0 Å². The van der Waals surface area contributed by atoms with Gasteiger partial charge in [0.25, 0.3) is 0 Å². The van der Waals surface area contributed by atoms with Crippen LogP contribution in [0.2, 0.25) is 0 Å². The third-order valence-corrected chi connectivity index (χ3v) is 2.87. The first-order chi connectivity index (χ1) is 7.16. The highest BCUT2D eigenvalue weighted by molar-refractivity contribution is 9.10. The Morgan fingerprint density at radius 1 is 1.47 bits per heavy atom. The van der Waals surface area contributed by atoms with Crippen LogP contribution in [-0.4, -0.2) is 9.55 Å². The van der Waals surface area contributed by atoms with E-state index in [1.165, 1.54) is 12.1 Å². The molecule has 0 bridgehead atoms. The van der Waals surface area contributed by atoms with Gasteiger partial charge in [0, 0.05) is 16.9 Å². The summed E-state index contributed by atoms with van der Waals surface area (Å²) in [6, 6.07) is 4.56. The summed E-state index contributed by atoms with van der Waals surface area (Å²) in [5.41, 5.74) is 6.45. The molecule has 1 aromatic carbocycles. The van der Waals surface area contributed by atoms with E-state index in [0.29, 0.717) is 12.5 Å². The average Bonchev–Trinajstić information content (AvgIpc) is 2.58. The molecule has 15 heavy (non-hydrogen) atoms. The van der Waals surface area contributed by atoms with Gasteiger partial charge in [0.1, 0.15) is 5.82 Å². The van der Waals surface area contributed by atoms with Crippen molar-refractivity contribution in [2.45, 2.75) is 6.54 Å². The topological polar surface area (TPSA) is 43.8 Å². The second kappa shape index (κ2) is 4.02. The predicted octanol–water partition coefficient (Wildman–Crippen LogP) is 2.42. The Hall–Kier alpha value is -1.36. The zero-order valence-corrected chi connectivity index (χ0v) is 9.41. The van der Waals surface area contributed by atoms with Gasteiger partial charge >= 0.3 is 0 Å². The van der Waals surface area contributed by atoms with E-state index in [0.717, 1.165) is 10.0 Å². The Bertz CT molecular complexity index is 481. The van der Waals surface area contributed by atoms with Crippen molar-refractivity contribution in [1.29, 1.82) is 0 Å². The van der Waals surface area contributed by atoms with Crippen LogP contribution in [-0.2, 0) is 6.54 Å². The fraction of sp³-hybridized carbons (Fsp3) is 0.100. The van der Waals surface area contributed by atoms with Crippen LogP contribution in [0.5, 0.6) is 0 Å². The Balaban J connectivity index is 2.32. The van der Waals surface area contributed by atoms with E-state index in [9.17, 15) is 4.39 Å². The number of benzene rings is 1. The molecule has 3 nitrogen and oxygen atoms in total. The molecular weight excluding hydrogens is 261 g/mol. The van der Waals surface area contributed by atoms with Crippen LogP contribution >= 0.6 is 15.9 Å². The smallest absolute Gasteiger partial charge is 0.200 e. The predicted molar refractivity (Wildman–Crippen MR) is 59.8 cm³/mol. The Morgan fingerprint density at radius 2 is 2.27 bits per heavy atom. The highest BCUT2D eigenvalue weighted by atomic mass is 79.9. The molecule has 0 saturated heterocycles. The second-order valence-electron chi connectivity index (χ2n) is 3.15. The lowest BCUT2D eigenvalue weighted by molar-refractivity contribution is 0.623. The molecule has 2 N–H and O–H groups in total. The molecule has 0 aliphatic carbocycles. The highest BCUT2D eigenvalue weighted by Gasteiger charge is 2.04. The summed E-state index contributed by atoms with van der Waals surface area (Å²) in [4.78, 5) is 3.90. The third-order valence-electron chi connectivity index (χ3n) is 2.10. The SMILES string of the molecule is Nc1nccn1Cc1cc(F)ccc1Br. The molecule has 0 atom stereocenters. The molecule has 0 aliphatic rings. The van der Waals surface area contributed by atoms with Gasteiger partial charge in [0.2, 0.25) is 0 Å². The van der Waals surface area contributed by atoms with E-state index in [4.69, 9.17) is 5.73 Å². The number of nitrogens with zero attached hydrogens (tertiary/aromatic N) is 2. The molecule has 1 aromatic heterocycles. The molecule has 0 unspecified atom stereocenters. The number of aromatic nitrogens is 2. The van der Waals surface area contributed by atoms with Crippen LogP contribution in [0, 0.1) is 5.82 Å². The standard InChI is InChI=1S/C10H9BrFN3/c11-9-2-1-8(12)5-7(9)6-15-4-3-14-10(15)13/h1-5H,6H2,(H2,13,14). The first-order valence-electron chi connectivity index (χ1n) is 4.37. The summed E-state index contributed by atoms with van der Waals surface area (Å²) in [6.07, 6.45) is 3.37. The van der Waals surface area contributed by atoms with Crippen molar-refractivity contribution in [2.75, 3.05) is 5.73 Å². The lowest BCUT2D eigenvalue weighted by atomic mass is 10.2. The average molecular weight is 270 g/mol. The number of imidazole rings is 1. The zero-order valence-electron chi connectivity index (χ0n) is 7.82. The van der Waals surface area contributed by atoms with Crippen molar-refractivity contribution in [3.63, 3.8) is 0 Å². The van der Waals surface area contributed by atoms with Crippen molar-refractivity contribution in [2.24, 2.45) is 0 Å². The highest BCUT2D eigenvalue weighted by Crippen LogP contribution is 2.19. The van der Waals surface area contributed by atoms with Crippen molar-refractivity contribution < 1.29 is 4.39 Å². The summed E-state index contributed by atoms with van der Waals surface area (Å²) < 4.78 is 15.6. The molecule has 0 spiro atoms. The van der Waals surface area contributed by atoms with Crippen LogP contribution in [0.15, 0.2) is 35.1 Å². The van der Waals surface area contributed by atoms with Gasteiger partial charge in [-0.3, -0.25) is 0 Å². The van der Waals surface area contributed by atoms with E-state index >= 15 is 0 Å². The first-order valence-corrected chi connectivity index (χ1v) is 5.16. The van der Waals surface area contributed by atoms with Gasteiger partial charge in [-0.05, 0) is 23.8 Å². The molecule has 1 heterocycles. The fourth-order valence-electron chi connectivity index (χ4n) is 1.32. The normalized spacial score (nSPS) is 10.5. The number of halogens is 2. The lowest BCUT2D eigenvalue weighted by Gasteiger charge is -2.07. The lowest BCUT2D eigenvalue weighted by Crippen LogP contribution is -2.04. The van der Waals surface area contributed by atoms with Gasteiger partial charge in [-0.1, -0.05) is 15.9 Å². The molecule has 0 aliphatic heterocycles. The van der Waals surface area contributed by atoms with E-state index in [2.05, 4.69) is 20.9 Å². The van der Waals surface area contributed by atoms with Crippen LogP contribution in [0.4, 0.5) is 10.3 Å². The molecule has 0 amide bonds. The molecule has 0 fully saturated rings. The first kappa shape index (κ1) is 10.2. The fourth-order valence-corrected chi connectivity index (χ4v) is 1.69. The number of nitrogen functional groups attached to an aromatic ring is 1. The molecule has 5 heteroatoms. The number of anilines is 1. The largest absolute Gasteiger partial charge is 0.369 e. The monoisotopic (exact) mass is 269 g/mol. The number of hydrogen-bond acceptors (Lipinski definition) is 2. The maximum atomic E-state index is 13.0. The Kier molecular flexibility index (Phi) is 2.73. The van der Waals surface area contributed by atoms with E-state index in [-0.39, 0.29) is 5.82 Å². The van der Waals surface area contributed by atoms with Crippen LogP contribution in [0.1, 0.15) is 5.56 Å². The van der Waals surface area contributed by atoms with Crippen LogP contribution in [0.25, 0.3) is 0 Å². The van der Waals surface area contributed by atoms with E-state index in [1.807, 2.05) is 0 Å². The Labute approximate surface area is 94.9 Å². The van der Waals surface area contributed by atoms with Gasteiger partial charge in [-0.25, -0.2) is 9.37 Å². The number of nitrogens with two attached hydrogens (primary N) is 1. The Morgan fingerprint density at radius 3 is 2.93 bits per heavy atom. The quantitative estimate of drug-likeness (QED) is 0.910. The van der Waals surface area contributed by atoms with Crippen molar-refractivity contribution in [1.82, 2.24) is 9.55 Å². The van der Waals surface area contributed by atoms with Crippen molar-refractivity contribution in [3.05, 3.63) is 46.4 Å². The minimum absolute atomic E-state index is 0.258. The van der Waals surface area contributed by atoms with Gasteiger partial charge in [-0.2, -0.15) is 0 Å². The second-order valence-corrected chi connectivity index (χ2v) is 4.00. The van der Waals surface area contributed by atoms with Gasteiger partial charge in [0.15, 0.2) is 5.95 Å². The molecular formula is C10H9BrFN3. The van der Waals surface area contributed by atoms with Crippen LogP contribution in [0.3, 0.4) is 0 Å². The maximum Gasteiger partial charge on any atom is 0.200 e. The maximum absolute atomic E-state index is 13.0. The van der Waals surface area contributed by atoms with E-state index < -0.39 is 0 Å². The van der Waals surface area contributed by atoms with Crippen molar-refractivity contribution >= 4 is 21.9 Å². The summed E-state index contributed by atoms with van der Waals surface area (Å²) >= 11 is 3.36. The minimum atomic E-state index is -0.258. The molecule has 2 aromatic rings. The zero-order chi connectivity index (χ0) is 10.8. The third kappa shape index (κ3) is 2.18. The van der Waals surface area contributed by atoms with Gasteiger partial charge in [0.05, 0.1) is 6.54 Å². The van der Waals surface area contributed by atoms with E-state index in [1.54, 1.807) is 23.0 Å². The minimum Gasteiger partial charge on any atom is -0.369 e.